The maximum Gasteiger partial charge on any atom is 0.341 e. The molecule has 0 aliphatic heterocycles. The van der Waals surface area contributed by atoms with Crippen LogP contribution in [0.1, 0.15) is 10.4 Å². The van der Waals surface area contributed by atoms with E-state index in [1.165, 1.54) is 35.4 Å². The molecule has 8 heteroatoms. The van der Waals surface area contributed by atoms with Crippen LogP contribution in [0.25, 0.3) is 11.1 Å². The van der Waals surface area contributed by atoms with Gasteiger partial charge in [-0.2, -0.15) is 0 Å². The van der Waals surface area contributed by atoms with Crippen molar-refractivity contribution in [2.24, 2.45) is 0 Å². The third kappa shape index (κ3) is 4.95. The van der Waals surface area contributed by atoms with Crippen molar-refractivity contribution in [1.29, 1.82) is 0 Å². The van der Waals surface area contributed by atoms with Crippen LogP contribution in [-0.2, 0) is 4.74 Å². The Morgan fingerprint density at radius 1 is 1.19 bits per heavy atom. The third-order valence-corrected chi connectivity index (χ3v) is 5.87. The first kappa shape index (κ1) is 19.6. The SMILES string of the molecule is O=C(OCCO)c1ccc(NSc2cc(-c3ccccc3)c(Cl)s2)cc1O. The van der Waals surface area contributed by atoms with Crippen LogP contribution in [0.4, 0.5) is 5.69 Å². The van der Waals surface area contributed by atoms with Crippen molar-refractivity contribution in [3.8, 4) is 16.9 Å². The number of benzene rings is 2. The molecule has 0 radical (unpaired) electrons. The van der Waals surface area contributed by atoms with Crippen molar-refractivity contribution < 1.29 is 19.7 Å². The monoisotopic (exact) mass is 421 g/mol. The first-order valence-corrected chi connectivity index (χ1v) is 9.98. The molecule has 0 aliphatic carbocycles. The number of rotatable bonds is 7. The van der Waals surface area contributed by atoms with Gasteiger partial charge in [-0.05, 0) is 35.7 Å². The fraction of sp³-hybridized carbons (Fsp3) is 0.105. The topological polar surface area (TPSA) is 78.8 Å². The molecule has 0 aliphatic rings. The molecule has 0 atom stereocenters. The van der Waals surface area contributed by atoms with Gasteiger partial charge in [0.1, 0.15) is 22.3 Å². The summed E-state index contributed by atoms with van der Waals surface area (Å²) in [4.78, 5) is 11.8. The predicted molar refractivity (Wildman–Crippen MR) is 110 cm³/mol. The number of hydrogen-bond acceptors (Lipinski definition) is 7. The lowest BCUT2D eigenvalue weighted by atomic mass is 10.1. The summed E-state index contributed by atoms with van der Waals surface area (Å²) in [5.41, 5.74) is 2.69. The second-order valence-corrected chi connectivity index (χ2v) is 8.18. The number of aliphatic hydroxyl groups is 1. The third-order valence-electron chi connectivity index (χ3n) is 3.56. The standard InChI is InChI=1S/C19H16ClNO4S2/c20-18-15(12-4-2-1-3-5-12)11-17(26-18)27-21-13-6-7-14(16(23)10-13)19(24)25-9-8-22/h1-7,10-11,21-23H,8-9H2. The van der Waals surface area contributed by atoms with Crippen molar-refractivity contribution in [1.82, 2.24) is 0 Å². The Kier molecular flexibility index (Phi) is 6.63. The van der Waals surface area contributed by atoms with Gasteiger partial charge < -0.3 is 19.7 Å². The van der Waals surface area contributed by atoms with Gasteiger partial charge in [0.05, 0.1) is 10.8 Å². The Labute approximate surface area is 169 Å². The smallest absolute Gasteiger partial charge is 0.341 e. The molecule has 1 aromatic heterocycles. The normalized spacial score (nSPS) is 10.6. The molecule has 3 rings (SSSR count). The van der Waals surface area contributed by atoms with E-state index in [0.717, 1.165) is 15.3 Å². The average Bonchev–Trinajstić information content (AvgIpc) is 3.06. The van der Waals surface area contributed by atoms with E-state index >= 15 is 0 Å². The van der Waals surface area contributed by atoms with Crippen LogP contribution in [0.3, 0.4) is 0 Å². The van der Waals surface area contributed by atoms with E-state index in [1.807, 2.05) is 36.4 Å². The molecule has 3 aromatic rings. The number of nitrogens with one attached hydrogen (secondary N) is 1. The molecule has 1 heterocycles. The highest BCUT2D eigenvalue weighted by Crippen LogP contribution is 2.40. The van der Waals surface area contributed by atoms with Gasteiger partial charge in [0.15, 0.2) is 0 Å². The van der Waals surface area contributed by atoms with E-state index in [2.05, 4.69) is 4.72 Å². The van der Waals surface area contributed by atoms with Gasteiger partial charge in [-0.3, -0.25) is 0 Å². The molecule has 0 amide bonds. The molecular formula is C19H16ClNO4S2. The van der Waals surface area contributed by atoms with Crippen LogP contribution in [-0.4, -0.2) is 29.4 Å². The molecule has 27 heavy (non-hydrogen) atoms. The predicted octanol–water partition coefficient (Wildman–Crippen LogP) is 5.04. The van der Waals surface area contributed by atoms with Gasteiger partial charge in [0.25, 0.3) is 0 Å². The maximum atomic E-state index is 11.8. The summed E-state index contributed by atoms with van der Waals surface area (Å²) < 4.78 is 9.58. The van der Waals surface area contributed by atoms with Crippen molar-refractivity contribution >= 4 is 46.5 Å². The van der Waals surface area contributed by atoms with Crippen LogP contribution in [0.5, 0.6) is 5.75 Å². The number of phenols is 1. The summed E-state index contributed by atoms with van der Waals surface area (Å²) in [6.45, 7) is -0.381. The summed E-state index contributed by atoms with van der Waals surface area (Å²) in [6.07, 6.45) is 0. The number of ether oxygens (including phenoxy) is 1. The molecule has 140 valence electrons. The second kappa shape index (κ2) is 9.14. The van der Waals surface area contributed by atoms with Crippen molar-refractivity contribution in [3.63, 3.8) is 0 Å². The van der Waals surface area contributed by atoms with Gasteiger partial charge in [-0.15, -0.1) is 11.3 Å². The minimum absolute atomic E-state index is 0.0459. The van der Waals surface area contributed by atoms with Crippen LogP contribution < -0.4 is 4.72 Å². The fourth-order valence-corrected chi connectivity index (χ4v) is 4.56. The largest absolute Gasteiger partial charge is 0.507 e. The van der Waals surface area contributed by atoms with Gasteiger partial charge in [-0.1, -0.05) is 41.9 Å². The van der Waals surface area contributed by atoms with Crippen molar-refractivity contribution in [3.05, 3.63) is 64.5 Å². The highest BCUT2D eigenvalue weighted by Gasteiger charge is 2.14. The zero-order valence-electron chi connectivity index (χ0n) is 14.0. The highest BCUT2D eigenvalue weighted by molar-refractivity contribution is 8.02. The van der Waals surface area contributed by atoms with Crippen molar-refractivity contribution in [2.75, 3.05) is 17.9 Å². The summed E-state index contributed by atoms with van der Waals surface area (Å²) in [5, 5.41) is 18.7. The molecular weight excluding hydrogens is 406 g/mol. The van der Waals surface area contributed by atoms with Gasteiger partial charge >= 0.3 is 5.97 Å². The van der Waals surface area contributed by atoms with Crippen LogP contribution in [0.15, 0.2) is 58.8 Å². The number of anilines is 1. The highest BCUT2D eigenvalue weighted by atomic mass is 35.5. The number of aliphatic hydroxyl groups excluding tert-OH is 1. The summed E-state index contributed by atoms with van der Waals surface area (Å²) in [5.74, 6) is -0.879. The molecule has 0 unspecified atom stereocenters. The first-order chi connectivity index (χ1) is 13.1. The molecule has 0 fully saturated rings. The number of hydrogen-bond donors (Lipinski definition) is 3. The lowest BCUT2D eigenvalue weighted by Crippen LogP contribution is -2.09. The molecule has 2 aromatic carbocycles. The van der Waals surface area contributed by atoms with E-state index in [9.17, 15) is 9.90 Å². The quantitative estimate of drug-likeness (QED) is 0.366. The Bertz CT molecular complexity index is 931. The first-order valence-electron chi connectivity index (χ1n) is 7.97. The molecule has 0 saturated heterocycles. The average molecular weight is 422 g/mol. The number of thiophene rings is 1. The number of esters is 1. The second-order valence-electron chi connectivity index (χ2n) is 5.41. The Morgan fingerprint density at radius 3 is 2.67 bits per heavy atom. The molecule has 0 saturated carbocycles. The van der Waals surface area contributed by atoms with Gasteiger partial charge in [-0.25, -0.2) is 4.79 Å². The van der Waals surface area contributed by atoms with E-state index in [0.29, 0.717) is 10.0 Å². The number of aromatic hydroxyl groups is 1. The zero-order chi connectivity index (χ0) is 19.2. The summed E-state index contributed by atoms with van der Waals surface area (Å²) in [7, 11) is 0. The fourth-order valence-electron chi connectivity index (χ4n) is 2.31. The Hall–Kier alpha value is -2.19. The van der Waals surface area contributed by atoms with E-state index < -0.39 is 5.97 Å². The van der Waals surface area contributed by atoms with Crippen LogP contribution in [0, 0.1) is 0 Å². The Balaban J connectivity index is 1.67. The lowest BCUT2D eigenvalue weighted by Gasteiger charge is -2.08. The molecule has 0 spiro atoms. The van der Waals surface area contributed by atoms with Crippen LogP contribution in [0.2, 0.25) is 4.34 Å². The number of carbonyl (C=O) groups is 1. The van der Waals surface area contributed by atoms with Gasteiger partial charge in [0.2, 0.25) is 0 Å². The molecule has 3 N–H and O–H groups in total. The minimum Gasteiger partial charge on any atom is -0.507 e. The van der Waals surface area contributed by atoms with E-state index in [4.69, 9.17) is 21.4 Å². The summed E-state index contributed by atoms with van der Waals surface area (Å²) >= 11 is 9.17. The minimum atomic E-state index is -0.682. The molecule has 5 nitrogen and oxygen atoms in total. The van der Waals surface area contributed by atoms with E-state index in [1.54, 1.807) is 6.07 Å². The zero-order valence-corrected chi connectivity index (χ0v) is 16.4. The van der Waals surface area contributed by atoms with Crippen molar-refractivity contribution in [2.45, 2.75) is 4.21 Å². The van der Waals surface area contributed by atoms with Gasteiger partial charge in [0, 0.05) is 17.3 Å². The van der Waals surface area contributed by atoms with E-state index in [-0.39, 0.29) is 24.5 Å². The van der Waals surface area contributed by atoms with Crippen LogP contribution >= 0.6 is 34.9 Å². The number of phenolic OH excluding ortho intramolecular Hbond substituents is 1. The lowest BCUT2D eigenvalue weighted by molar-refractivity contribution is 0.0430. The Morgan fingerprint density at radius 2 is 1.96 bits per heavy atom. The number of carbonyl (C=O) groups excluding carboxylic acids is 1. The maximum absolute atomic E-state index is 11.8. The molecule has 0 bridgehead atoms. The summed E-state index contributed by atoms with van der Waals surface area (Å²) in [6, 6.07) is 16.5. The number of halogens is 1.